The lowest BCUT2D eigenvalue weighted by molar-refractivity contribution is 0.337. The molecule has 1 saturated heterocycles. The summed E-state index contributed by atoms with van der Waals surface area (Å²) in [7, 11) is 4.11. The molecule has 0 amide bonds. The molecule has 1 fully saturated rings. The SMILES string of the molecule is CN(C)CC1NNC(N)C1c1cccc(Cl)c1. The van der Waals surface area contributed by atoms with Gasteiger partial charge in [0.05, 0.1) is 6.17 Å². The maximum absolute atomic E-state index is 6.09. The fraction of sp³-hybridized carbons (Fsp3) is 0.500. The van der Waals surface area contributed by atoms with Crippen LogP contribution in [-0.4, -0.2) is 37.7 Å². The van der Waals surface area contributed by atoms with Gasteiger partial charge in [-0.15, -0.1) is 0 Å². The highest BCUT2D eigenvalue weighted by Gasteiger charge is 2.34. The second-order valence-electron chi connectivity index (χ2n) is 4.76. The number of benzene rings is 1. The van der Waals surface area contributed by atoms with E-state index in [9.17, 15) is 0 Å². The van der Waals surface area contributed by atoms with Gasteiger partial charge in [0.1, 0.15) is 0 Å². The lowest BCUT2D eigenvalue weighted by atomic mass is 9.90. The van der Waals surface area contributed by atoms with Crippen LogP contribution in [0.2, 0.25) is 5.02 Å². The average molecular weight is 255 g/mol. The zero-order valence-electron chi connectivity index (χ0n) is 10.2. The van der Waals surface area contributed by atoms with Crippen LogP contribution in [0.1, 0.15) is 11.5 Å². The van der Waals surface area contributed by atoms with Crippen LogP contribution in [0.15, 0.2) is 24.3 Å². The van der Waals surface area contributed by atoms with Gasteiger partial charge in [0.25, 0.3) is 0 Å². The molecule has 4 nitrogen and oxygen atoms in total. The van der Waals surface area contributed by atoms with Gasteiger partial charge in [0, 0.05) is 23.5 Å². The molecule has 1 aromatic carbocycles. The van der Waals surface area contributed by atoms with Gasteiger partial charge in [-0.25, -0.2) is 5.43 Å². The van der Waals surface area contributed by atoms with E-state index in [1.54, 1.807) is 0 Å². The Morgan fingerprint density at radius 1 is 1.35 bits per heavy atom. The molecule has 0 aromatic heterocycles. The first-order valence-electron chi connectivity index (χ1n) is 5.75. The second kappa shape index (κ2) is 5.33. The molecule has 1 aliphatic heterocycles. The Morgan fingerprint density at radius 3 is 2.76 bits per heavy atom. The molecule has 0 bridgehead atoms. The molecule has 0 aliphatic carbocycles. The highest BCUT2D eigenvalue weighted by Crippen LogP contribution is 2.27. The highest BCUT2D eigenvalue weighted by molar-refractivity contribution is 6.30. The molecular formula is C12H19ClN4. The van der Waals surface area contributed by atoms with E-state index in [1.807, 2.05) is 18.2 Å². The lowest BCUT2D eigenvalue weighted by Crippen LogP contribution is -2.40. The summed E-state index contributed by atoms with van der Waals surface area (Å²) >= 11 is 6.03. The Kier molecular flexibility index (Phi) is 4.01. The number of likely N-dealkylation sites (N-methyl/N-ethyl adjacent to an activating group) is 1. The Morgan fingerprint density at radius 2 is 2.12 bits per heavy atom. The Labute approximate surface area is 107 Å². The standard InChI is InChI=1S/C12H19ClN4/c1-17(2)7-10-11(12(14)16-15-10)8-4-3-5-9(13)6-8/h3-6,10-12,15-16H,7,14H2,1-2H3. The van der Waals surface area contributed by atoms with Crippen molar-refractivity contribution in [2.24, 2.45) is 5.73 Å². The van der Waals surface area contributed by atoms with Gasteiger partial charge in [0.15, 0.2) is 0 Å². The van der Waals surface area contributed by atoms with E-state index in [0.717, 1.165) is 11.6 Å². The van der Waals surface area contributed by atoms with Crippen molar-refractivity contribution >= 4 is 11.6 Å². The van der Waals surface area contributed by atoms with E-state index >= 15 is 0 Å². The summed E-state index contributed by atoms with van der Waals surface area (Å²) in [5.41, 5.74) is 13.6. The van der Waals surface area contributed by atoms with Gasteiger partial charge < -0.3 is 10.6 Å². The first-order valence-corrected chi connectivity index (χ1v) is 6.12. The van der Waals surface area contributed by atoms with Crippen LogP contribution in [0.5, 0.6) is 0 Å². The van der Waals surface area contributed by atoms with Crippen LogP contribution in [0.3, 0.4) is 0 Å². The van der Waals surface area contributed by atoms with Crippen molar-refractivity contribution in [3.05, 3.63) is 34.9 Å². The minimum Gasteiger partial charge on any atom is -0.314 e. The number of hydrogen-bond donors (Lipinski definition) is 3. The molecule has 2 rings (SSSR count). The minimum atomic E-state index is -0.0848. The van der Waals surface area contributed by atoms with E-state index in [2.05, 4.69) is 35.9 Å². The third-order valence-corrected chi connectivity index (χ3v) is 3.29. The van der Waals surface area contributed by atoms with Crippen molar-refractivity contribution in [1.29, 1.82) is 0 Å². The number of rotatable bonds is 3. The van der Waals surface area contributed by atoms with Crippen molar-refractivity contribution in [2.75, 3.05) is 20.6 Å². The molecule has 0 radical (unpaired) electrons. The van der Waals surface area contributed by atoms with E-state index < -0.39 is 0 Å². The number of hydrogen-bond acceptors (Lipinski definition) is 4. The zero-order valence-corrected chi connectivity index (χ0v) is 10.9. The first-order chi connectivity index (χ1) is 8.08. The summed E-state index contributed by atoms with van der Waals surface area (Å²) < 4.78 is 0. The van der Waals surface area contributed by atoms with E-state index in [1.165, 1.54) is 5.56 Å². The van der Waals surface area contributed by atoms with Crippen LogP contribution in [0.25, 0.3) is 0 Å². The fourth-order valence-electron chi connectivity index (χ4n) is 2.34. The Balaban J connectivity index is 2.21. The Hall–Kier alpha value is -0.650. The van der Waals surface area contributed by atoms with Gasteiger partial charge in [-0.05, 0) is 31.8 Å². The largest absolute Gasteiger partial charge is 0.314 e. The normalized spacial score (nSPS) is 28.9. The molecular weight excluding hydrogens is 236 g/mol. The van der Waals surface area contributed by atoms with Gasteiger partial charge in [-0.2, -0.15) is 0 Å². The van der Waals surface area contributed by atoms with Gasteiger partial charge >= 0.3 is 0 Å². The predicted molar refractivity (Wildman–Crippen MR) is 70.8 cm³/mol. The molecule has 17 heavy (non-hydrogen) atoms. The molecule has 1 heterocycles. The van der Waals surface area contributed by atoms with Crippen LogP contribution in [0, 0.1) is 0 Å². The maximum Gasteiger partial charge on any atom is 0.0764 e. The van der Waals surface area contributed by atoms with E-state index in [-0.39, 0.29) is 12.1 Å². The third-order valence-electron chi connectivity index (χ3n) is 3.05. The maximum atomic E-state index is 6.09. The monoisotopic (exact) mass is 254 g/mol. The number of nitrogens with one attached hydrogen (secondary N) is 2. The highest BCUT2D eigenvalue weighted by atomic mass is 35.5. The lowest BCUT2D eigenvalue weighted by Gasteiger charge is -2.24. The third kappa shape index (κ3) is 2.97. The van der Waals surface area contributed by atoms with Crippen molar-refractivity contribution in [1.82, 2.24) is 15.8 Å². The van der Waals surface area contributed by atoms with Crippen LogP contribution in [0.4, 0.5) is 0 Å². The predicted octanol–water partition coefficient (Wildman–Crippen LogP) is 0.746. The van der Waals surface area contributed by atoms with Crippen LogP contribution >= 0.6 is 11.6 Å². The van der Waals surface area contributed by atoms with Crippen molar-refractivity contribution in [3.8, 4) is 0 Å². The summed E-state index contributed by atoms with van der Waals surface area (Å²) in [6.07, 6.45) is -0.0848. The molecule has 3 unspecified atom stereocenters. The van der Waals surface area contributed by atoms with Gasteiger partial charge in [0.2, 0.25) is 0 Å². The fourth-order valence-corrected chi connectivity index (χ4v) is 2.54. The second-order valence-corrected chi connectivity index (χ2v) is 5.20. The van der Waals surface area contributed by atoms with Gasteiger partial charge in [-0.1, -0.05) is 23.7 Å². The molecule has 0 spiro atoms. The molecule has 4 N–H and O–H groups in total. The number of nitrogens with zero attached hydrogens (tertiary/aromatic N) is 1. The molecule has 1 aliphatic rings. The average Bonchev–Trinajstić information content (AvgIpc) is 2.59. The molecule has 1 aromatic rings. The van der Waals surface area contributed by atoms with Crippen molar-refractivity contribution in [2.45, 2.75) is 18.1 Å². The molecule has 5 heteroatoms. The minimum absolute atomic E-state index is 0.0848. The summed E-state index contributed by atoms with van der Waals surface area (Å²) in [4.78, 5) is 2.15. The zero-order chi connectivity index (χ0) is 12.4. The van der Waals surface area contributed by atoms with Crippen LogP contribution in [-0.2, 0) is 0 Å². The number of halogens is 1. The van der Waals surface area contributed by atoms with Gasteiger partial charge in [-0.3, -0.25) is 5.43 Å². The summed E-state index contributed by atoms with van der Waals surface area (Å²) in [5.74, 6) is 0.232. The quantitative estimate of drug-likeness (QED) is 0.745. The van der Waals surface area contributed by atoms with Crippen molar-refractivity contribution in [3.63, 3.8) is 0 Å². The summed E-state index contributed by atoms with van der Waals surface area (Å²) in [6.45, 7) is 0.928. The molecule has 3 atom stereocenters. The first kappa shape index (κ1) is 12.8. The van der Waals surface area contributed by atoms with E-state index in [0.29, 0.717) is 6.04 Å². The molecule has 0 saturated carbocycles. The Bertz CT molecular complexity index is 383. The number of hydrazine groups is 1. The number of nitrogens with two attached hydrogens (primary N) is 1. The summed E-state index contributed by atoms with van der Waals surface area (Å²) in [6, 6.07) is 8.21. The van der Waals surface area contributed by atoms with E-state index in [4.69, 9.17) is 17.3 Å². The summed E-state index contributed by atoms with van der Waals surface area (Å²) in [5, 5.41) is 0.755. The van der Waals surface area contributed by atoms with Crippen molar-refractivity contribution < 1.29 is 0 Å². The van der Waals surface area contributed by atoms with Crippen LogP contribution < -0.4 is 16.6 Å². The smallest absolute Gasteiger partial charge is 0.0764 e. The molecule has 94 valence electrons. The topological polar surface area (TPSA) is 53.3 Å².